The van der Waals surface area contributed by atoms with Gasteiger partial charge in [0.05, 0.1) is 26.7 Å². The largest absolute Gasteiger partial charge is 0.507 e. The van der Waals surface area contributed by atoms with Gasteiger partial charge in [0.1, 0.15) is 17.1 Å². The van der Waals surface area contributed by atoms with Crippen LogP contribution in [0.5, 0.6) is 23.0 Å². The minimum absolute atomic E-state index is 0.0511. The highest BCUT2D eigenvalue weighted by atomic mass is 16.5. The van der Waals surface area contributed by atoms with Crippen molar-refractivity contribution in [3.63, 3.8) is 0 Å². The van der Waals surface area contributed by atoms with E-state index in [0.717, 1.165) is 0 Å². The molecule has 2 aromatic rings. The van der Waals surface area contributed by atoms with Crippen LogP contribution in [0.4, 0.5) is 0 Å². The normalized spacial score (nSPS) is 10.3. The Hall–Kier alpha value is -2.63. The van der Waals surface area contributed by atoms with Crippen LogP contribution in [0.25, 0.3) is 10.8 Å². The number of phenolic OH excluding ortho intramolecular Hbond substituents is 2. The van der Waals surface area contributed by atoms with Crippen molar-refractivity contribution in [1.82, 2.24) is 0 Å². The molecule has 0 saturated heterocycles. The zero-order valence-corrected chi connectivity index (χ0v) is 11.3. The Morgan fingerprint density at radius 1 is 1.05 bits per heavy atom. The zero-order valence-electron chi connectivity index (χ0n) is 11.3. The lowest BCUT2D eigenvalue weighted by molar-refractivity contribution is 0.0596. The van der Waals surface area contributed by atoms with Gasteiger partial charge in [-0.2, -0.15) is 0 Å². The van der Waals surface area contributed by atoms with Crippen LogP contribution in [0.1, 0.15) is 10.4 Å². The number of aromatic hydroxyl groups is 2. The molecule has 0 aliphatic carbocycles. The van der Waals surface area contributed by atoms with Gasteiger partial charge in [-0.05, 0) is 17.5 Å². The van der Waals surface area contributed by atoms with E-state index in [4.69, 9.17) is 9.47 Å². The number of hydrogen-bond donors (Lipinski definition) is 2. The standard InChI is InChI=1S/C14H14O6/c1-18-8-4-7-5-9(14(17)20-3)13(19-2)12(16)11(7)10(15)6-8/h4-6,15-16H,1-3H3. The first-order chi connectivity index (χ1) is 9.53. The number of esters is 1. The van der Waals surface area contributed by atoms with Crippen LogP contribution in [0.3, 0.4) is 0 Å². The van der Waals surface area contributed by atoms with E-state index in [1.807, 2.05) is 0 Å². The van der Waals surface area contributed by atoms with E-state index in [9.17, 15) is 15.0 Å². The molecular formula is C14H14O6. The number of fused-ring (bicyclic) bond motifs is 1. The van der Waals surface area contributed by atoms with E-state index in [1.54, 1.807) is 6.07 Å². The van der Waals surface area contributed by atoms with Gasteiger partial charge < -0.3 is 24.4 Å². The predicted molar refractivity (Wildman–Crippen MR) is 71.7 cm³/mol. The summed E-state index contributed by atoms with van der Waals surface area (Å²) in [6, 6.07) is 4.40. The molecule has 0 saturated carbocycles. The third-order valence-electron chi connectivity index (χ3n) is 2.96. The van der Waals surface area contributed by atoms with Gasteiger partial charge in [0, 0.05) is 6.07 Å². The summed E-state index contributed by atoms with van der Waals surface area (Å²) in [5.74, 6) is -0.807. The molecule has 0 aromatic heterocycles. The van der Waals surface area contributed by atoms with Crippen LogP contribution in [0, 0.1) is 0 Å². The van der Waals surface area contributed by atoms with Crippen LogP contribution in [0.2, 0.25) is 0 Å². The second kappa shape index (κ2) is 5.16. The molecule has 2 rings (SSSR count). The molecule has 0 aliphatic heterocycles. The van der Waals surface area contributed by atoms with E-state index in [0.29, 0.717) is 11.1 Å². The molecule has 2 N–H and O–H groups in total. The molecule has 6 heteroatoms. The summed E-state index contributed by atoms with van der Waals surface area (Å²) < 4.78 is 14.7. The average Bonchev–Trinajstić information content (AvgIpc) is 2.45. The summed E-state index contributed by atoms with van der Waals surface area (Å²) in [6.45, 7) is 0. The first kappa shape index (κ1) is 13.8. The van der Waals surface area contributed by atoms with Gasteiger partial charge >= 0.3 is 5.97 Å². The van der Waals surface area contributed by atoms with E-state index in [1.165, 1.54) is 33.5 Å². The lowest BCUT2D eigenvalue weighted by atomic mass is 10.0. The Labute approximate surface area is 115 Å². The lowest BCUT2D eigenvalue weighted by Gasteiger charge is -2.13. The molecule has 106 valence electrons. The highest BCUT2D eigenvalue weighted by molar-refractivity contribution is 6.04. The van der Waals surface area contributed by atoms with Crippen molar-refractivity contribution in [3.05, 3.63) is 23.8 Å². The van der Waals surface area contributed by atoms with Gasteiger partial charge in [0.2, 0.25) is 0 Å². The second-order valence-corrected chi connectivity index (χ2v) is 4.04. The van der Waals surface area contributed by atoms with Crippen LogP contribution < -0.4 is 9.47 Å². The molecule has 6 nitrogen and oxygen atoms in total. The van der Waals surface area contributed by atoms with E-state index >= 15 is 0 Å². The maximum Gasteiger partial charge on any atom is 0.341 e. The Morgan fingerprint density at radius 3 is 2.30 bits per heavy atom. The maximum atomic E-state index is 11.7. The molecule has 0 aliphatic rings. The van der Waals surface area contributed by atoms with E-state index in [2.05, 4.69) is 4.74 Å². The number of ether oxygens (including phenoxy) is 3. The molecule has 20 heavy (non-hydrogen) atoms. The number of phenols is 2. The molecule has 0 heterocycles. The van der Waals surface area contributed by atoms with Gasteiger partial charge in [0.25, 0.3) is 0 Å². The molecule has 2 aromatic carbocycles. The second-order valence-electron chi connectivity index (χ2n) is 4.04. The molecule has 0 bridgehead atoms. The van der Waals surface area contributed by atoms with Gasteiger partial charge in [-0.25, -0.2) is 4.79 Å². The van der Waals surface area contributed by atoms with Crippen molar-refractivity contribution >= 4 is 16.7 Å². The molecule has 0 atom stereocenters. The highest BCUT2D eigenvalue weighted by Gasteiger charge is 2.21. The number of benzene rings is 2. The first-order valence-electron chi connectivity index (χ1n) is 5.72. The monoisotopic (exact) mass is 278 g/mol. The number of carbonyl (C=O) groups is 1. The van der Waals surface area contributed by atoms with Crippen molar-refractivity contribution in [3.8, 4) is 23.0 Å². The van der Waals surface area contributed by atoms with Crippen molar-refractivity contribution in [2.24, 2.45) is 0 Å². The van der Waals surface area contributed by atoms with E-state index in [-0.39, 0.29) is 28.2 Å². The van der Waals surface area contributed by atoms with Crippen LogP contribution in [-0.4, -0.2) is 37.5 Å². The molecule has 0 amide bonds. The highest BCUT2D eigenvalue weighted by Crippen LogP contribution is 2.43. The minimum Gasteiger partial charge on any atom is -0.507 e. The topological polar surface area (TPSA) is 85.2 Å². The van der Waals surface area contributed by atoms with Crippen LogP contribution >= 0.6 is 0 Å². The number of hydrogen-bond acceptors (Lipinski definition) is 6. The molecule has 0 unspecified atom stereocenters. The van der Waals surface area contributed by atoms with E-state index < -0.39 is 5.97 Å². The summed E-state index contributed by atoms with van der Waals surface area (Å²) in [4.78, 5) is 11.7. The minimum atomic E-state index is -0.652. The Kier molecular flexibility index (Phi) is 3.56. The zero-order chi connectivity index (χ0) is 14.9. The summed E-state index contributed by atoms with van der Waals surface area (Å²) >= 11 is 0. The van der Waals surface area contributed by atoms with Crippen molar-refractivity contribution in [1.29, 1.82) is 0 Å². The number of methoxy groups -OCH3 is 3. The first-order valence-corrected chi connectivity index (χ1v) is 5.72. The van der Waals surface area contributed by atoms with Gasteiger partial charge in [0.15, 0.2) is 11.5 Å². The Bertz CT molecular complexity index is 677. The summed E-state index contributed by atoms with van der Waals surface area (Å²) in [5, 5.41) is 20.8. The lowest BCUT2D eigenvalue weighted by Crippen LogP contribution is -2.04. The fraction of sp³-hybridized carbons (Fsp3) is 0.214. The van der Waals surface area contributed by atoms with Crippen molar-refractivity contribution < 1.29 is 29.2 Å². The van der Waals surface area contributed by atoms with Crippen molar-refractivity contribution in [2.75, 3.05) is 21.3 Å². The molecule has 0 fully saturated rings. The summed E-state index contributed by atoms with van der Waals surface area (Å²) in [7, 11) is 3.99. The fourth-order valence-corrected chi connectivity index (χ4v) is 2.04. The SMILES string of the molecule is COC(=O)c1cc2cc(OC)cc(O)c2c(O)c1OC. The maximum absolute atomic E-state index is 11.7. The average molecular weight is 278 g/mol. The van der Waals surface area contributed by atoms with Gasteiger partial charge in [-0.15, -0.1) is 0 Å². The Morgan fingerprint density at radius 2 is 1.75 bits per heavy atom. The molecular weight excluding hydrogens is 264 g/mol. The van der Waals surface area contributed by atoms with Gasteiger partial charge in [-0.1, -0.05) is 0 Å². The van der Waals surface area contributed by atoms with Crippen LogP contribution in [-0.2, 0) is 4.74 Å². The Balaban J connectivity index is 2.86. The number of rotatable bonds is 3. The van der Waals surface area contributed by atoms with Gasteiger partial charge in [-0.3, -0.25) is 0 Å². The smallest absolute Gasteiger partial charge is 0.341 e. The summed E-state index contributed by atoms with van der Waals surface area (Å²) in [6.07, 6.45) is 0. The fourth-order valence-electron chi connectivity index (χ4n) is 2.04. The predicted octanol–water partition coefficient (Wildman–Crippen LogP) is 2.05. The summed E-state index contributed by atoms with van der Waals surface area (Å²) in [5.41, 5.74) is 0.0626. The quantitative estimate of drug-likeness (QED) is 0.836. The molecule has 0 spiro atoms. The van der Waals surface area contributed by atoms with Crippen LogP contribution in [0.15, 0.2) is 18.2 Å². The third-order valence-corrected chi connectivity index (χ3v) is 2.96. The third kappa shape index (κ3) is 2.05. The molecule has 0 radical (unpaired) electrons. The van der Waals surface area contributed by atoms with Crippen molar-refractivity contribution in [2.45, 2.75) is 0 Å². The number of carbonyl (C=O) groups excluding carboxylic acids is 1.